The molecule has 0 atom stereocenters. The van der Waals surface area contributed by atoms with Gasteiger partial charge in [0.05, 0.1) is 37.7 Å². The zero-order chi connectivity index (χ0) is 21.6. The van der Waals surface area contributed by atoms with Crippen LogP contribution in [0.25, 0.3) is 11.3 Å². The topological polar surface area (TPSA) is 83.8 Å². The number of ether oxygens (including phenoxy) is 3. The molecule has 7 heteroatoms. The van der Waals surface area contributed by atoms with Gasteiger partial charge in [0.25, 0.3) is 0 Å². The van der Waals surface area contributed by atoms with Gasteiger partial charge in [-0.05, 0) is 50.3 Å². The minimum atomic E-state index is -0.597. The number of pyridine rings is 1. The number of carbonyl (C=O) groups excluding carboxylic acids is 2. The van der Waals surface area contributed by atoms with Crippen LogP contribution in [0.3, 0.4) is 0 Å². The molecule has 1 spiro atoms. The van der Waals surface area contributed by atoms with E-state index in [1.807, 2.05) is 6.07 Å². The van der Waals surface area contributed by atoms with Crippen LogP contribution in [0.15, 0.2) is 29.2 Å². The third-order valence-electron chi connectivity index (χ3n) is 6.68. The summed E-state index contributed by atoms with van der Waals surface area (Å²) in [7, 11) is 0. The second-order valence-corrected chi connectivity index (χ2v) is 8.66. The molecule has 1 aromatic carbocycles. The van der Waals surface area contributed by atoms with Crippen LogP contribution in [-0.4, -0.2) is 43.3 Å². The summed E-state index contributed by atoms with van der Waals surface area (Å²) in [6.07, 6.45) is 6.23. The average molecular weight is 423 g/mol. The highest BCUT2D eigenvalue weighted by atomic mass is 16.5. The highest BCUT2D eigenvalue weighted by Crippen LogP contribution is 2.49. The van der Waals surface area contributed by atoms with Crippen molar-refractivity contribution < 1.29 is 23.8 Å². The lowest BCUT2D eigenvalue weighted by Crippen LogP contribution is -2.46. The lowest BCUT2D eigenvalue weighted by Gasteiger charge is -2.48. The largest absolute Gasteiger partial charge is 0.492 e. The van der Waals surface area contributed by atoms with Crippen LogP contribution < -0.4 is 10.2 Å². The van der Waals surface area contributed by atoms with Crippen molar-refractivity contribution in [3.63, 3.8) is 0 Å². The van der Waals surface area contributed by atoms with Gasteiger partial charge in [-0.3, -0.25) is 9.59 Å². The molecule has 0 amide bonds. The predicted octanol–water partition coefficient (Wildman–Crippen LogP) is 2.97. The Morgan fingerprint density at radius 3 is 2.71 bits per heavy atom. The average Bonchev–Trinajstić information content (AvgIpc) is 2.70. The van der Waals surface area contributed by atoms with Crippen LogP contribution in [0.5, 0.6) is 5.75 Å². The maximum atomic E-state index is 12.8. The number of benzene rings is 1. The first-order valence-corrected chi connectivity index (χ1v) is 10.8. The van der Waals surface area contributed by atoms with Crippen molar-refractivity contribution in [1.29, 1.82) is 0 Å². The number of nitrogens with zero attached hydrogens (tertiary/aromatic N) is 1. The van der Waals surface area contributed by atoms with Crippen LogP contribution in [0.2, 0.25) is 0 Å². The molecule has 1 saturated carbocycles. The van der Waals surface area contributed by atoms with Gasteiger partial charge < -0.3 is 18.8 Å². The molecule has 3 aliphatic rings. The van der Waals surface area contributed by atoms with E-state index in [0.29, 0.717) is 37.1 Å². The molecule has 7 nitrogen and oxygen atoms in total. The van der Waals surface area contributed by atoms with E-state index in [9.17, 15) is 14.4 Å². The Kier molecular flexibility index (Phi) is 4.93. The van der Waals surface area contributed by atoms with Gasteiger partial charge in [-0.2, -0.15) is 0 Å². The molecule has 1 aliphatic carbocycles. The molecular weight excluding hydrogens is 398 g/mol. The van der Waals surface area contributed by atoms with Crippen LogP contribution >= 0.6 is 0 Å². The zero-order valence-electron chi connectivity index (χ0n) is 17.5. The van der Waals surface area contributed by atoms with Crippen molar-refractivity contribution in [3.8, 4) is 17.0 Å². The first kappa shape index (κ1) is 20.0. The van der Waals surface area contributed by atoms with E-state index in [0.717, 1.165) is 48.8 Å². The number of aldehydes is 1. The maximum Gasteiger partial charge on any atom is 0.343 e. The monoisotopic (exact) mass is 423 g/mol. The van der Waals surface area contributed by atoms with Gasteiger partial charge >= 0.3 is 5.97 Å². The predicted molar refractivity (Wildman–Crippen MR) is 113 cm³/mol. The maximum absolute atomic E-state index is 12.8. The van der Waals surface area contributed by atoms with Gasteiger partial charge in [0, 0.05) is 29.3 Å². The third-order valence-corrected chi connectivity index (χ3v) is 6.68. The molecule has 0 N–H and O–H groups in total. The van der Waals surface area contributed by atoms with Crippen molar-refractivity contribution in [1.82, 2.24) is 4.57 Å². The quantitative estimate of drug-likeness (QED) is 0.525. The van der Waals surface area contributed by atoms with E-state index >= 15 is 0 Å². The Labute approximate surface area is 179 Å². The molecule has 0 radical (unpaired) electrons. The molecule has 5 rings (SSSR count). The third kappa shape index (κ3) is 3.28. The summed E-state index contributed by atoms with van der Waals surface area (Å²) in [5.74, 6) is 0.337. The molecule has 162 valence electrons. The van der Waals surface area contributed by atoms with Crippen LogP contribution in [0.1, 0.15) is 52.5 Å². The summed E-state index contributed by atoms with van der Waals surface area (Å²) in [5, 5.41) is 0. The van der Waals surface area contributed by atoms with Gasteiger partial charge in [-0.25, -0.2) is 4.79 Å². The van der Waals surface area contributed by atoms with Crippen LogP contribution in [0.4, 0.5) is 0 Å². The Hall–Kier alpha value is -2.93. The fourth-order valence-electron chi connectivity index (χ4n) is 4.77. The SMILES string of the molecule is CCOC(=O)c1cn2c(cc1=O)-c1cc(C=O)c(OCC3COC3)cc1CC21CCC1. The van der Waals surface area contributed by atoms with Gasteiger partial charge in [-0.15, -0.1) is 0 Å². The Balaban J connectivity index is 1.60. The number of rotatable bonds is 6. The summed E-state index contributed by atoms with van der Waals surface area (Å²) in [6.45, 7) is 3.82. The van der Waals surface area contributed by atoms with E-state index in [1.165, 1.54) is 6.07 Å². The van der Waals surface area contributed by atoms with Crippen LogP contribution in [0, 0.1) is 5.92 Å². The summed E-state index contributed by atoms with van der Waals surface area (Å²) >= 11 is 0. The van der Waals surface area contributed by atoms with E-state index in [1.54, 1.807) is 19.2 Å². The normalized spacial score (nSPS) is 18.4. The summed E-state index contributed by atoms with van der Waals surface area (Å²) in [6, 6.07) is 5.26. The van der Waals surface area contributed by atoms with Gasteiger partial charge in [0.1, 0.15) is 11.3 Å². The molecule has 2 aliphatic heterocycles. The molecule has 3 heterocycles. The van der Waals surface area contributed by atoms with E-state index < -0.39 is 5.97 Å². The van der Waals surface area contributed by atoms with Gasteiger partial charge in [0.2, 0.25) is 0 Å². The highest BCUT2D eigenvalue weighted by Gasteiger charge is 2.43. The smallest absolute Gasteiger partial charge is 0.343 e. The lowest BCUT2D eigenvalue weighted by atomic mass is 9.69. The number of hydrogen-bond acceptors (Lipinski definition) is 6. The van der Waals surface area contributed by atoms with Gasteiger partial charge in [-0.1, -0.05) is 0 Å². The number of aromatic nitrogens is 1. The van der Waals surface area contributed by atoms with E-state index in [2.05, 4.69) is 4.57 Å². The van der Waals surface area contributed by atoms with Crippen LogP contribution in [-0.2, 0) is 21.4 Å². The fraction of sp³-hybridized carbons (Fsp3) is 0.458. The summed E-state index contributed by atoms with van der Waals surface area (Å²) < 4.78 is 18.3. The second kappa shape index (κ2) is 7.64. The number of esters is 1. The molecule has 1 saturated heterocycles. The lowest BCUT2D eigenvalue weighted by molar-refractivity contribution is -0.0509. The van der Waals surface area contributed by atoms with Gasteiger partial charge in [0.15, 0.2) is 11.7 Å². The molecule has 0 bridgehead atoms. The second-order valence-electron chi connectivity index (χ2n) is 8.66. The Morgan fingerprint density at radius 1 is 1.29 bits per heavy atom. The fourth-order valence-corrected chi connectivity index (χ4v) is 4.77. The van der Waals surface area contributed by atoms with Crippen molar-refractivity contribution in [2.24, 2.45) is 5.92 Å². The molecule has 31 heavy (non-hydrogen) atoms. The van der Waals surface area contributed by atoms with Crippen molar-refractivity contribution in [2.45, 2.75) is 38.1 Å². The number of fused-ring (bicyclic) bond motifs is 4. The van der Waals surface area contributed by atoms with E-state index in [-0.39, 0.29) is 23.1 Å². The molecule has 0 unspecified atom stereocenters. The number of hydrogen-bond donors (Lipinski definition) is 0. The number of carbonyl (C=O) groups is 2. The standard InChI is InChI=1S/C24H25NO6/c1-2-30-23(28)19-10-25-20(8-21(19)27)18-6-17(11-26)22(31-14-15-12-29-13-15)7-16(18)9-24(25)4-3-5-24/h6-8,10-11,15H,2-5,9,12-14H2,1H3. The molecular formula is C24H25NO6. The summed E-state index contributed by atoms with van der Waals surface area (Å²) in [4.78, 5) is 36.9. The summed E-state index contributed by atoms with van der Waals surface area (Å²) in [5.41, 5.74) is 2.61. The Morgan fingerprint density at radius 2 is 2.10 bits per heavy atom. The minimum absolute atomic E-state index is 0.0543. The first-order valence-electron chi connectivity index (χ1n) is 10.8. The molecule has 2 aromatic rings. The van der Waals surface area contributed by atoms with Crippen molar-refractivity contribution in [2.75, 3.05) is 26.4 Å². The minimum Gasteiger partial charge on any atom is -0.492 e. The van der Waals surface area contributed by atoms with Crippen molar-refractivity contribution in [3.05, 3.63) is 51.3 Å². The Bertz CT molecular complexity index is 1110. The zero-order valence-corrected chi connectivity index (χ0v) is 17.5. The molecule has 2 fully saturated rings. The molecule has 1 aromatic heterocycles. The highest BCUT2D eigenvalue weighted by molar-refractivity contribution is 5.90. The van der Waals surface area contributed by atoms with E-state index in [4.69, 9.17) is 14.2 Å². The van der Waals surface area contributed by atoms with Crippen molar-refractivity contribution >= 4 is 12.3 Å². The first-order chi connectivity index (χ1) is 15.0.